The third-order valence-corrected chi connectivity index (χ3v) is 5.74. The first-order chi connectivity index (χ1) is 15.0. The molecule has 0 radical (unpaired) electrons. The molecule has 0 spiro atoms. The van der Waals surface area contributed by atoms with Crippen molar-refractivity contribution >= 4 is 28.6 Å². The Morgan fingerprint density at radius 3 is 2.48 bits per heavy atom. The van der Waals surface area contributed by atoms with Crippen molar-refractivity contribution in [2.75, 3.05) is 10.6 Å². The summed E-state index contributed by atoms with van der Waals surface area (Å²) < 4.78 is 2.13. The maximum atomic E-state index is 13.6. The number of aromatic nitrogens is 2. The minimum absolute atomic E-state index is 0.121. The Labute approximate surface area is 181 Å². The molecule has 3 aromatic carbocycles. The van der Waals surface area contributed by atoms with Crippen LogP contribution in [0.4, 0.5) is 11.6 Å². The van der Waals surface area contributed by atoms with E-state index in [1.54, 1.807) is 0 Å². The molecule has 0 aliphatic carbocycles. The van der Waals surface area contributed by atoms with Crippen molar-refractivity contribution in [3.8, 4) is 0 Å². The molecule has 0 saturated carbocycles. The van der Waals surface area contributed by atoms with Crippen LogP contribution in [0.2, 0.25) is 0 Å². The molecule has 5 nitrogen and oxygen atoms in total. The van der Waals surface area contributed by atoms with Crippen LogP contribution < -0.4 is 10.6 Å². The Morgan fingerprint density at radius 1 is 0.935 bits per heavy atom. The number of amides is 1. The second-order valence-electron chi connectivity index (χ2n) is 8.09. The van der Waals surface area contributed by atoms with Crippen molar-refractivity contribution in [1.82, 2.24) is 9.55 Å². The van der Waals surface area contributed by atoms with Gasteiger partial charge in [-0.15, -0.1) is 0 Å². The molecule has 4 aromatic rings. The number of carbonyl (C=O) groups excluding carboxylic acids is 1. The highest BCUT2D eigenvalue weighted by atomic mass is 16.1. The molecule has 1 aromatic heterocycles. The monoisotopic (exact) mass is 408 g/mol. The summed E-state index contributed by atoms with van der Waals surface area (Å²) in [6, 6.07) is 23.9. The number of para-hydroxylation sites is 2. The zero-order chi connectivity index (χ0) is 21.5. The summed E-state index contributed by atoms with van der Waals surface area (Å²) in [5.74, 6) is 0.626. The third kappa shape index (κ3) is 3.38. The minimum Gasteiger partial charge on any atom is -0.329 e. The van der Waals surface area contributed by atoms with Crippen molar-refractivity contribution in [3.05, 3.63) is 101 Å². The first-order valence-electron chi connectivity index (χ1n) is 10.4. The number of carbonyl (C=O) groups is 1. The van der Waals surface area contributed by atoms with Crippen LogP contribution in [0.25, 0.3) is 11.0 Å². The summed E-state index contributed by atoms with van der Waals surface area (Å²) in [5, 5.41) is 6.44. The quantitative estimate of drug-likeness (QED) is 0.465. The smallest absolute Gasteiger partial charge is 0.255 e. The Kier molecular flexibility index (Phi) is 4.59. The Balaban J connectivity index is 1.66. The lowest BCUT2D eigenvalue weighted by Crippen LogP contribution is -2.31. The SMILES string of the molecule is CC1=C(C(=O)Nc2ccc(C)cc2)[C@H](c2cccc(C)c2)n2c(nc3ccccc32)N1. The van der Waals surface area contributed by atoms with Crippen molar-refractivity contribution < 1.29 is 4.79 Å². The number of hydrogen-bond donors (Lipinski definition) is 2. The van der Waals surface area contributed by atoms with Crippen molar-refractivity contribution in [2.45, 2.75) is 26.8 Å². The van der Waals surface area contributed by atoms with Gasteiger partial charge in [0.25, 0.3) is 5.91 Å². The molecule has 0 unspecified atom stereocenters. The average molecular weight is 409 g/mol. The van der Waals surface area contributed by atoms with Gasteiger partial charge in [0.2, 0.25) is 5.95 Å². The molecule has 2 N–H and O–H groups in total. The molecule has 2 heterocycles. The van der Waals surface area contributed by atoms with E-state index in [-0.39, 0.29) is 11.9 Å². The predicted molar refractivity (Wildman–Crippen MR) is 125 cm³/mol. The number of allylic oxidation sites excluding steroid dienone is 1. The molecular formula is C26H24N4O. The summed E-state index contributed by atoms with van der Waals surface area (Å²) in [6.45, 7) is 6.04. The van der Waals surface area contributed by atoms with E-state index in [2.05, 4.69) is 40.3 Å². The van der Waals surface area contributed by atoms with E-state index >= 15 is 0 Å². The Hall–Kier alpha value is -3.86. The van der Waals surface area contributed by atoms with Crippen molar-refractivity contribution in [1.29, 1.82) is 0 Å². The van der Waals surface area contributed by atoms with Crippen LogP contribution in [0.3, 0.4) is 0 Å². The van der Waals surface area contributed by atoms with Gasteiger partial charge in [0, 0.05) is 11.4 Å². The van der Waals surface area contributed by atoms with Crippen molar-refractivity contribution in [3.63, 3.8) is 0 Å². The lowest BCUT2D eigenvalue weighted by molar-refractivity contribution is -0.113. The molecule has 154 valence electrons. The van der Waals surface area contributed by atoms with E-state index in [1.807, 2.05) is 68.4 Å². The van der Waals surface area contributed by atoms with Gasteiger partial charge in [0.1, 0.15) is 0 Å². The summed E-state index contributed by atoms with van der Waals surface area (Å²) in [4.78, 5) is 18.3. The molecule has 0 bridgehead atoms. The molecule has 1 atom stereocenters. The molecule has 0 fully saturated rings. The minimum atomic E-state index is -0.283. The first-order valence-corrected chi connectivity index (χ1v) is 10.4. The van der Waals surface area contributed by atoms with Gasteiger partial charge in [0.15, 0.2) is 0 Å². The summed E-state index contributed by atoms with van der Waals surface area (Å²) in [7, 11) is 0. The van der Waals surface area contributed by atoms with Crippen molar-refractivity contribution in [2.24, 2.45) is 0 Å². The largest absolute Gasteiger partial charge is 0.329 e. The van der Waals surface area contributed by atoms with E-state index in [0.29, 0.717) is 5.57 Å². The molecular weight excluding hydrogens is 384 g/mol. The van der Waals surface area contributed by atoms with Gasteiger partial charge >= 0.3 is 0 Å². The zero-order valence-corrected chi connectivity index (χ0v) is 17.8. The van der Waals surface area contributed by atoms with E-state index in [1.165, 1.54) is 0 Å². The van der Waals surface area contributed by atoms with E-state index in [9.17, 15) is 4.79 Å². The fraction of sp³-hybridized carbons (Fsp3) is 0.154. The molecule has 1 amide bonds. The second-order valence-corrected chi connectivity index (χ2v) is 8.09. The Bertz CT molecular complexity index is 1330. The third-order valence-electron chi connectivity index (χ3n) is 5.74. The molecule has 31 heavy (non-hydrogen) atoms. The van der Waals surface area contributed by atoms with E-state index < -0.39 is 0 Å². The zero-order valence-electron chi connectivity index (χ0n) is 17.8. The van der Waals surface area contributed by atoms with Gasteiger partial charge in [-0.25, -0.2) is 4.98 Å². The molecule has 5 rings (SSSR count). The summed E-state index contributed by atoms with van der Waals surface area (Å²) >= 11 is 0. The predicted octanol–water partition coefficient (Wildman–Crippen LogP) is 5.58. The van der Waals surface area contributed by atoms with Gasteiger partial charge < -0.3 is 10.6 Å². The number of rotatable bonds is 3. The molecule has 5 heteroatoms. The lowest BCUT2D eigenvalue weighted by atomic mass is 9.93. The van der Waals surface area contributed by atoms with Crippen LogP contribution in [0.1, 0.15) is 29.7 Å². The fourth-order valence-corrected chi connectivity index (χ4v) is 4.25. The Morgan fingerprint density at radius 2 is 1.71 bits per heavy atom. The van der Waals surface area contributed by atoms with Gasteiger partial charge in [-0.3, -0.25) is 9.36 Å². The van der Waals surface area contributed by atoms with Gasteiger partial charge in [-0.05, 0) is 50.6 Å². The second kappa shape index (κ2) is 7.43. The van der Waals surface area contributed by atoms with Gasteiger partial charge in [0.05, 0.1) is 22.6 Å². The van der Waals surface area contributed by atoms with Crippen LogP contribution in [-0.4, -0.2) is 15.5 Å². The van der Waals surface area contributed by atoms with Crippen LogP contribution >= 0.6 is 0 Å². The number of hydrogen-bond acceptors (Lipinski definition) is 3. The molecule has 0 saturated heterocycles. The van der Waals surface area contributed by atoms with E-state index in [0.717, 1.165) is 45.1 Å². The number of fused-ring (bicyclic) bond motifs is 3. The van der Waals surface area contributed by atoms with Crippen LogP contribution in [0.5, 0.6) is 0 Å². The molecule has 1 aliphatic heterocycles. The highest BCUT2D eigenvalue weighted by Crippen LogP contribution is 2.39. The van der Waals surface area contributed by atoms with Gasteiger partial charge in [-0.2, -0.15) is 0 Å². The van der Waals surface area contributed by atoms with Gasteiger partial charge in [-0.1, -0.05) is 59.7 Å². The number of aryl methyl sites for hydroxylation is 2. The maximum absolute atomic E-state index is 13.6. The van der Waals surface area contributed by atoms with Crippen LogP contribution in [-0.2, 0) is 4.79 Å². The average Bonchev–Trinajstić information content (AvgIpc) is 3.12. The number of anilines is 2. The first kappa shape index (κ1) is 19.1. The standard InChI is InChI=1S/C26H24N4O/c1-16-11-13-20(14-12-16)28-25(31)23-18(3)27-26-29-21-9-4-5-10-22(21)30(26)24(23)19-8-6-7-17(2)15-19/h4-15,24H,1-3H3,(H,27,29)(H,28,31)/t24-/m0/s1. The van der Waals surface area contributed by atoms with E-state index in [4.69, 9.17) is 4.98 Å². The lowest BCUT2D eigenvalue weighted by Gasteiger charge is -2.31. The highest BCUT2D eigenvalue weighted by Gasteiger charge is 2.34. The number of nitrogens with zero attached hydrogens (tertiary/aromatic N) is 2. The normalized spacial score (nSPS) is 15.5. The number of benzene rings is 3. The molecule has 1 aliphatic rings. The van der Waals surface area contributed by atoms with Crippen LogP contribution in [0.15, 0.2) is 84.1 Å². The summed E-state index contributed by atoms with van der Waals surface area (Å²) in [5.41, 5.74) is 7.51. The maximum Gasteiger partial charge on any atom is 0.255 e. The topological polar surface area (TPSA) is 59.0 Å². The number of imidazole rings is 1. The highest BCUT2D eigenvalue weighted by molar-refractivity contribution is 6.06. The number of nitrogens with one attached hydrogen (secondary N) is 2. The summed E-state index contributed by atoms with van der Waals surface area (Å²) in [6.07, 6.45) is 0. The van der Waals surface area contributed by atoms with Crippen LogP contribution in [0, 0.1) is 13.8 Å². The fourth-order valence-electron chi connectivity index (χ4n) is 4.25.